The molecule has 1 aromatic carbocycles. The number of sulfone groups is 1. The number of rotatable bonds is 3. The lowest BCUT2D eigenvalue weighted by atomic mass is 9.86. The minimum Gasteiger partial charge on any atom is -0.234 e. The Labute approximate surface area is 119 Å². The number of benzene rings is 1. The molecule has 4 heteroatoms. The van der Waals surface area contributed by atoms with Crippen molar-refractivity contribution < 1.29 is 12.8 Å². The first-order chi connectivity index (χ1) is 9.31. The second-order valence-corrected chi connectivity index (χ2v) is 7.05. The summed E-state index contributed by atoms with van der Waals surface area (Å²) in [6.45, 7) is 1.82. The predicted molar refractivity (Wildman–Crippen MR) is 79.9 cm³/mol. The highest BCUT2D eigenvalue weighted by atomic mass is 32.2. The molecular formula is C16H17FO2S. The van der Waals surface area contributed by atoms with E-state index in [1.807, 2.05) is 19.1 Å². The summed E-state index contributed by atoms with van der Waals surface area (Å²) in [4.78, 5) is 0.262. The maximum atomic E-state index is 14.6. The molecule has 0 saturated carbocycles. The largest absolute Gasteiger partial charge is 0.234 e. The van der Waals surface area contributed by atoms with Crippen LogP contribution in [0, 0.1) is 5.92 Å². The normalized spacial score (nSPS) is 26.2. The van der Waals surface area contributed by atoms with Gasteiger partial charge in [-0.05, 0) is 29.8 Å². The van der Waals surface area contributed by atoms with E-state index >= 15 is 0 Å². The third-order valence-corrected chi connectivity index (χ3v) is 4.53. The Morgan fingerprint density at radius 1 is 1.20 bits per heavy atom. The summed E-state index contributed by atoms with van der Waals surface area (Å²) in [6, 6.07) is 6.40. The molecule has 0 bridgehead atoms. The van der Waals surface area contributed by atoms with Gasteiger partial charge in [0.1, 0.15) is 0 Å². The molecule has 106 valence electrons. The lowest BCUT2D eigenvalue weighted by Gasteiger charge is -2.25. The topological polar surface area (TPSA) is 34.1 Å². The van der Waals surface area contributed by atoms with Crippen molar-refractivity contribution in [3.8, 4) is 0 Å². The van der Waals surface area contributed by atoms with E-state index in [9.17, 15) is 12.8 Å². The van der Waals surface area contributed by atoms with Crippen molar-refractivity contribution in [2.24, 2.45) is 5.92 Å². The molecule has 20 heavy (non-hydrogen) atoms. The highest BCUT2D eigenvalue weighted by Crippen LogP contribution is 2.30. The van der Waals surface area contributed by atoms with Crippen molar-refractivity contribution in [2.75, 3.05) is 6.26 Å². The van der Waals surface area contributed by atoms with Gasteiger partial charge in [0.2, 0.25) is 0 Å². The molecule has 1 aromatic rings. The summed E-state index contributed by atoms with van der Waals surface area (Å²) < 4.78 is 37.3. The smallest absolute Gasteiger partial charge is 0.175 e. The molecule has 0 aromatic heterocycles. The van der Waals surface area contributed by atoms with Gasteiger partial charge in [-0.3, -0.25) is 0 Å². The van der Waals surface area contributed by atoms with E-state index in [1.165, 1.54) is 24.3 Å². The first kappa shape index (κ1) is 14.7. The van der Waals surface area contributed by atoms with Crippen LogP contribution < -0.4 is 0 Å². The monoisotopic (exact) mass is 292 g/mol. The Morgan fingerprint density at radius 2 is 1.85 bits per heavy atom. The Kier molecular flexibility index (Phi) is 3.95. The highest BCUT2D eigenvalue weighted by molar-refractivity contribution is 7.90. The van der Waals surface area contributed by atoms with Crippen LogP contribution >= 0.6 is 0 Å². The Bertz CT molecular complexity index is 669. The quantitative estimate of drug-likeness (QED) is 0.853. The minimum absolute atomic E-state index is 0.223. The van der Waals surface area contributed by atoms with Gasteiger partial charge >= 0.3 is 0 Å². The van der Waals surface area contributed by atoms with E-state index in [1.54, 1.807) is 24.3 Å². The minimum atomic E-state index is -3.19. The summed E-state index contributed by atoms with van der Waals surface area (Å²) in [5.41, 5.74) is -0.728. The third kappa shape index (κ3) is 3.25. The van der Waals surface area contributed by atoms with Crippen LogP contribution in [0.5, 0.6) is 0 Å². The summed E-state index contributed by atoms with van der Waals surface area (Å²) in [5.74, 6) is -0.223. The van der Waals surface area contributed by atoms with Crippen molar-refractivity contribution in [3.05, 3.63) is 60.2 Å². The number of hydrogen-bond donors (Lipinski definition) is 0. The summed E-state index contributed by atoms with van der Waals surface area (Å²) in [7, 11) is -3.19. The van der Waals surface area contributed by atoms with E-state index in [0.29, 0.717) is 0 Å². The first-order valence-electron chi connectivity index (χ1n) is 6.35. The zero-order chi connectivity index (χ0) is 14.8. The molecule has 0 heterocycles. The van der Waals surface area contributed by atoms with Crippen LogP contribution in [-0.2, 0) is 9.84 Å². The molecule has 0 amide bonds. The second-order valence-electron chi connectivity index (χ2n) is 5.03. The molecule has 1 aliphatic carbocycles. The summed E-state index contributed by atoms with van der Waals surface area (Å²) in [5, 5.41) is 0. The van der Waals surface area contributed by atoms with Gasteiger partial charge in [-0.25, -0.2) is 12.8 Å². The SMILES string of the molecule is CC1C=CC=CC1(F)/C=C/c1ccc(S(C)(=O)=O)cc1. The molecule has 0 aliphatic heterocycles. The lowest BCUT2D eigenvalue weighted by Crippen LogP contribution is -2.26. The van der Waals surface area contributed by atoms with Crippen molar-refractivity contribution in [2.45, 2.75) is 17.5 Å². The molecule has 2 rings (SSSR count). The van der Waals surface area contributed by atoms with Crippen LogP contribution in [0.3, 0.4) is 0 Å². The second kappa shape index (κ2) is 5.37. The van der Waals surface area contributed by atoms with Gasteiger partial charge in [0.15, 0.2) is 15.5 Å². The fourth-order valence-corrected chi connectivity index (χ4v) is 2.62. The third-order valence-electron chi connectivity index (χ3n) is 3.40. The van der Waals surface area contributed by atoms with Gasteiger partial charge in [-0.15, -0.1) is 0 Å². The average Bonchev–Trinajstić information content (AvgIpc) is 2.40. The molecular weight excluding hydrogens is 275 g/mol. The molecule has 0 radical (unpaired) electrons. The Morgan fingerprint density at radius 3 is 2.40 bits per heavy atom. The Balaban J connectivity index is 2.20. The molecule has 2 unspecified atom stereocenters. The fraction of sp³-hybridized carbons (Fsp3) is 0.250. The van der Waals surface area contributed by atoms with Crippen LogP contribution in [0.25, 0.3) is 6.08 Å². The van der Waals surface area contributed by atoms with Crippen LogP contribution in [0.2, 0.25) is 0 Å². The van der Waals surface area contributed by atoms with Gasteiger partial charge in [0.25, 0.3) is 0 Å². The molecule has 2 nitrogen and oxygen atoms in total. The molecule has 1 aliphatic rings. The van der Waals surface area contributed by atoms with Crippen molar-refractivity contribution in [3.63, 3.8) is 0 Å². The molecule has 2 atom stereocenters. The standard InChI is InChI=1S/C16H17FO2S/c1-13-5-3-4-11-16(13,17)12-10-14-6-8-15(9-7-14)20(2,18)19/h3-13H,1-2H3/b12-10+. The van der Waals surface area contributed by atoms with E-state index in [2.05, 4.69) is 0 Å². The number of alkyl halides is 1. The zero-order valence-corrected chi connectivity index (χ0v) is 12.3. The van der Waals surface area contributed by atoms with E-state index < -0.39 is 15.5 Å². The van der Waals surface area contributed by atoms with Crippen LogP contribution in [0.1, 0.15) is 12.5 Å². The number of hydrogen-bond acceptors (Lipinski definition) is 2. The number of allylic oxidation sites excluding steroid dienone is 5. The first-order valence-corrected chi connectivity index (χ1v) is 8.25. The molecule has 0 spiro atoms. The summed E-state index contributed by atoms with van der Waals surface area (Å²) >= 11 is 0. The maximum absolute atomic E-state index is 14.6. The van der Waals surface area contributed by atoms with E-state index in [-0.39, 0.29) is 10.8 Å². The predicted octanol–water partition coefficient (Wildman–Crippen LogP) is 3.57. The van der Waals surface area contributed by atoms with E-state index in [0.717, 1.165) is 11.8 Å². The zero-order valence-electron chi connectivity index (χ0n) is 11.5. The highest BCUT2D eigenvalue weighted by Gasteiger charge is 2.30. The van der Waals surface area contributed by atoms with Crippen molar-refractivity contribution in [1.82, 2.24) is 0 Å². The summed E-state index contributed by atoms with van der Waals surface area (Å²) in [6.07, 6.45) is 11.2. The van der Waals surface area contributed by atoms with Crippen molar-refractivity contribution >= 4 is 15.9 Å². The van der Waals surface area contributed by atoms with Gasteiger partial charge in [-0.1, -0.05) is 43.4 Å². The average molecular weight is 292 g/mol. The lowest BCUT2D eigenvalue weighted by molar-refractivity contribution is 0.238. The van der Waals surface area contributed by atoms with Crippen LogP contribution in [0.15, 0.2) is 59.5 Å². The van der Waals surface area contributed by atoms with Crippen molar-refractivity contribution in [1.29, 1.82) is 0 Å². The van der Waals surface area contributed by atoms with Gasteiger partial charge in [0.05, 0.1) is 4.90 Å². The molecule has 0 saturated heterocycles. The van der Waals surface area contributed by atoms with E-state index in [4.69, 9.17) is 0 Å². The molecule has 0 fully saturated rings. The van der Waals surface area contributed by atoms with Crippen LogP contribution in [-0.4, -0.2) is 20.3 Å². The fourth-order valence-electron chi connectivity index (χ4n) is 1.99. The molecule has 0 N–H and O–H groups in total. The van der Waals surface area contributed by atoms with Gasteiger partial charge in [0, 0.05) is 12.2 Å². The van der Waals surface area contributed by atoms with Gasteiger partial charge in [-0.2, -0.15) is 0 Å². The maximum Gasteiger partial charge on any atom is 0.175 e. The van der Waals surface area contributed by atoms with Crippen LogP contribution in [0.4, 0.5) is 4.39 Å². The Hall–Kier alpha value is -1.68. The van der Waals surface area contributed by atoms with Gasteiger partial charge < -0.3 is 0 Å². The number of halogens is 1.